The lowest BCUT2D eigenvalue weighted by molar-refractivity contribution is 0.244. The summed E-state index contributed by atoms with van der Waals surface area (Å²) >= 11 is 3.35. The minimum absolute atomic E-state index is 0.0462. The number of anilines is 3. The molecular weight excluding hydrogens is 330 g/mol. The van der Waals surface area contributed by atoms with Crippen molar-refractivity contribution in [2.75, 3.05) is 11.1 Å². The van der Waals surface area contributed by atoms with Crippen molar-refractivity contribution in [2.24, 2.45) is 0 Å². The number of para-hydroxylation sites is 1. The van der Waals surface area contributed by atoms with E-state index in [1.807, 2.05) is 44.2 Å². The Labute approximate surface area is 132 Å². The highest BCUT2D eigenvalue weighted by Gasteiger charge is 2.10. The molecule has 0 aliphatic rings. The van der Waals surface area contributed by atoms with Gasteiger partial charge in [-0.05, 0) is 44.2 Å². The Morgan fingerprint density at radius 2 is 2.00 bits per heavy atom. The monoisotopic (exact) mass is 345 g/mol. The van der Waals surface area contributed by atoms with Gasteiger partial charge in [0, 0.05) is 4.47 Å². The molecule has 0 saturated heterocycles. The molecule has 0 unspecified atom stereocenters. The van der Waals surface area contributed by atoms with Gasteiger partial charge < -0.3 is 15.8 Å². The number of nitrogens with zero attached hydrogens (tertiary/aromatic N) is 1. The number of hydrogen-bond donors (Lipinski definition) is 2. The summed E-state index contributed by atoms with van der Waals surface area (Å²) in [5.41, 5.74) is 8.61. The quantitative estimate of drug-likeness (QED) is 0.803. The van der Waals surface area contributed by atoms with Gasteiger partial charge in [-0.3, -0.25) is 0 Å². The van der Waals surface area contributed by atoms with Crippen LogP contribution in [0, 0.1) is 11.3 Å². The van der Waals surface area contributed by atoms with Crippen LogP contribution in [0.3, 0.4) is 0 Å². The number of halogens is 1. The molecule has 2 rings (SSSR count). The maximum absolute atomic E-state index is 9.20. The predicted molar refractivity (Wildman–Crippen MR) is 88.8 cm³/mol. The molecule has 3 N–H and O–H groups in total. The molecule has 2 aromatic carbocycles. The lowest BCUT2D eigenvalue weighted by Crippen LogP contribution is -2.08. The zero-order chi connectivity index (χ0) is 15.4. The number of nitriles is 1. The number of rotatable bonds is 4. The first-order valence-electron chi connectivity index (χ1n) is 6.53. The van der Waals surface area contributed by atoms with Crippen LogP contribution in [0.4, 0.5) is 17.1 Å². The van der Waals surface area contributed by atoms with Gasteiger partial charge in [-0.2, -0.15) is 5.26 Å². The lowest BCUT2D eigenvalue weighted by Gasteiger charge is -2.16. The number of benzene rings is 2. The Balaban J connectivity index is 2.34. The van der Waals surface area contributed by atoms with Crippen LogP contribution in [0.25, 0.3) is 0 Å². The van der Waals surface area contributed by atoms with Gasteiger partial charge in [0.15, 0.2) is 0 Å². The summed E-state index contributed by atoms with van der Waals surface area (Å²) in [6.07, 6.45) is 0.0462. The second-order valence-electron chi connectivity index (χ2n) is 4.81. The highest BCUT2D eigenvalue weighted by Crippen LogP contribution is 2.33. The first kappa shape index (κ1) is 15.2. The summed E-state index contributed by atoms with van der Waals surface area (Å²) in [5, 5.41) is 12.4. The Kier molecular flexibility index (Phi) is 4.71. The first-order valence-corrected chi connectivity index (χ1v) is 7.32. The van der Waals surface area contributed by atoms with Crippen LogP contribution in [0.2, 0.25) is 0 Å². The molecule has 0 amide bonds. The third-order valence-corrected chi connectivity index (χ3v) is 3.29. The van der Waals surface area contributed by atoms with Gasteiger partial charge in [0.25, 0.3) is 0 Å². The molecule has 21 heavy (non-hydrogen) atoms. The van der Waals surface area contributed by atoms with E-state index in [-0.39, 0.29) is 6.10 Å². The fraction of sp³-hybridized carbons (Fsp3) is 0.188. The van der Waals surface area contributed by atoms with Crippen LogP contribution in [0.5, 0.6) is 5.75 Å². The smallest absolute Gasteiger partial charge is 0.144 e. The predicted octanol–water partition coefficient (Wildman–Crippen LogP) is 4.43. The van der Waals surface area contributed by atoms with Crippen molar-refractivity contribution in [3.63, 3.8) is 0 Å². The number of hydrogen-bond acceptors (Lipinski definition) is 4. The largest absolute Gasteiger partial charge is 0.489 e. The van der Waals surface area contributed by atoms with Crippen molar-refractivity contribution in [1.82, 2.24) is 0 Å². The van der Waals surface area contributed by atoms with E-state index in [9.17, 15) is 5.26 Å². The molecule has 0 spiro atoms. The van der Waals surface area contributed by atoms with Gasteiger partial charge in [-0.25, -0.2) is 0 Å². The van der Waals surface area contributed by atoms with Gasteiger partial charge in [0.1, 0.15) is 11.8 Å². The Morgan fingerprint density at radius 3 is 2.67 bits per heavy atom. The fourth-order valence-electron chi connectivity index (χ4n) is 1.87. The molecule has 108 valence electrons. The Bertz CT molecular complexity index is 692. The summed E-state index contributed by atoms with van der Waals surface area (Å²) < 4.78 is 6.52. The minimum Gasteiger partial charge on any atom is -0.489 e. The molecule has 0 aliphatic heterocycles. The third kappa shape index (κ3) is 3.67. The molecule has 0 heterocycles. The van der Waals surface area contributed by atoms with Crippen LogP contribution in [-0.2, 0) is 0 Å². The fourth-order valence-corrected chi connectivity index (χ4v) is 2.23. The average molecular weight is 346 g/mol. The zero-order valence-corrected chi connectivity index (χ0v) is 13.4. The minimum atomic E-state index is 0.0462. The van der Waals surface area contributed by atoms with E-state index < -0.39 is 0 Å². The lowest BCUT2D eigenvalue weighted by atomic mass is 10.1. The molecule has 0 aromatic heterocycles. The van der Waals surface area contributed by atoms with Crippen LogP contribution < -0.4 is 15.8 Å². The van der Waals surface area contributed by atoms with Gasteiger partial charge >= 0.3 is 0 Å². The molecule has 4 nitrogen and oxygen atoms in total. The third-order valence-electron chi connectivity index (χ3n) is 2.80. The standard InChI is InChI=1S/C16H16BrN3O/c1-10(2)21-15-5-3-4-14(16(15)19)20-13-7-6-12(17)8-11(13)9-18/h3-8,10,20H,19H2,1-2H3. The van der Waals surface area contributed by atoms with Crippen molar-refractivity contribution in [3.05, 3.63) is 46.4 Å². The molecule has 5 heteroatoms. The van der Waals surface area contributed by atoms with E-state index in [0.717, 1.165) is 4.47 Å². The molecule has 0 bridgehead atoms. The number of nitrogen functional groups attached to an aromatic ring is 1. The highest BCUT2D eigenvalue weighted by atomic mass is 79.9. The maximum atomic E-state index is 9.20. The summed E-state index contributed by atoms with van der Waals surface area (Å²) in [6, 6.07) is 13.2. The van der Waals surface area contributed by atoms with Crippen molar-refractivity contribution in [3.8, 4) is 11.8 Å². The van der Waals surface area contributed by atoms with Crippen molar-refractivity contribution >= 4 is 33.0 Å². The molecular formula is C16H16BrN3O. The van der Waals surface area contributed by atoms with Gasteiger partial charge in [-0.1, -0.05) is 22.0 Å². The highest BCUT2D eigenvalue weighted by molar-refractivity contribution is 9.10. The Morgan fingerprint density at radius 1 is 1.24 bits per heavy atom. The maximum Gasteiger partial charge on any atom is 0.144 e. The van der Waals surface area contributed by atoms with E-state index in [0.29, 0.717) is 28.4 Å². The van der Waals surface area contributed by atoms with Crippen LogP contribution in [0.15, 0.2) is 40.9 Å². The summed E-state index contributed by atoms with van der Waals surface area (Å²) in [7, 11) is 0. The molecule has 0 radical (unpaired) electrons. The van der Waals surface area contributed by atoms with E-state index in [1.165, 1.54) is 0 Å². The normalized spacial score (nSPS) is 10.2. The van der Waals surface area contributed by atoms with Gasteiger partial charge in [-0.15, -0.1) is 0 Å². The SMILES string of the molecule is CC(C)Oc1cccc(Nc2ccc(Br)cc2C#N)c1N. The average Bonchev–Trinajstić information content (AvgIpc) is 2.44. The van der Waals surface area contributed by atoms with Crippen LogP contribution in [-0.4, -0.2) is 6.10 Å². The van der Waals surface area contributed by atoms with E-state index in [2.05, 4.69) is 27.3 Å². The van der Waals surface area contributed by atoms with E-state index in [4.69, 9.17) is 10.5 Å². The van der Waals surface area contributed by atoms with E-state index in [1.54, 1.807) is 6.07 Å². The topological polar surface area (TPSA) is 71.1 Å². The van der Waals surface area contributed by atoms with Crippen LogP contribution in [0.1, 0.15) is 19.4 Å². The van der Waals surface area contributed by atoms with Gasteiger partial charge in [0.05, 0.1) is 28.7 Å². The van der Waals surface area contributed by atoms with Crippen LogP contribution >= 0.6 is 15.9 Å². The molecule has 0 atom stereocenters. The number of ether oxygens (including phenoxy) is 1. The first-order chi connectivity index (χ1) is 10.0. The molecule has 0 saturated carbocycles. The molecule has 2 aromatic rings. The molecule has 0 fully saturated rings. The number of nitrogens with one attached hydrogen (secondary N) is 1. The Hall–Kier alpha value is -2.19. The van der Waals surface area contributed by atoms with Crippen molar-refractivity contribution in [2.45, 2.75) is 20.0 Å². The number of nitrogens with two attached hydrogens (primary N) is 1. The second-order valence-corrected chi connectivity index (χ2v) is 5.73. The van der Waals surface area contributed by atoms with Crippen molar-refractivity contribution < 1.29 is 4.74 Å². The second kappa shape index (κ2) is 6.51. The summed E-state index contributed by atoms with van der Waals surface area (Å²) in [4.78, 5) is 0. The van der Waals surface area contributed by atoms with Gasteiger partial charge in [0.2, 0.25) is 0 Å². The van der Waals surface area contributed by atoms with E-state index >= 15 is 0 Å². The summed E-state index contributed by atoms with van der Waals surface area (Å²) in [6.45, 7) is 3.89. The van der Waals surface area contributed by atoms with Crippen molar-refractivity contribution in [1.29, 1.82) is 5.26 Å². The summed E-state index contributed by atoms with van der Waals surface area (Å²) in [5.74, 6) is 0.630. The molecule has 0 aliphatic carbocycles. The zero-order valence-electron chi connectivity index (χ0n) is 11.9.